The van der Waals surface area contributed by atoms with Crippen molar-refractivity contribution in [2.75, 3.05) is 18.1 Å². The maximum absolute atomic E-state index is 12.8. The lowest BCUT2D eigenvalue weighted by atomic mass is 10.1. The van der Waals surface area contributed by atoms with Crippen molar-refractivity contribution >= 4 is 32.6 Å². The van der Waals surface area contributed by atoms with Crippen LogP contribution in [0.25, 0.3) is 10.9 Å². The maximum atomic E-state index is 12.8. The van der Waals surface area contributed by atoms with Crippen molar-refractivity contribution in [3.8, 4) is 0 Å². The Labute approximate surface area is 164 Å². The van der Waals surface area contributed by atoms with Crippen LogP contribution in [0.1, 0.15) is 36.3 Å². The number of nitrogens with zero attached hydrogens (tertiary/aromatic N) is 2. The number of aromatic nitrogens is 1. The largest absolute Gasteiger partial charge is 0.449 e. The van der Waals surface area contributed by atoms with Gasteiger partial charge in [-0.05, 0) is 39.3 Å². The van der Waals surface area contributed by atoms with Gasteiger partial charge in [-0.3, -0.25) is 9.78 Å². The highest BCUT2D eigenvalue weighted by Gasteiger charge is 2.36. The smallest absolute Gasteiger partial charge is 0.339 e. The molecule has 28 heavy (non-hydrogen) atoms. The van der Waals surface area contributed by atoms with Crippen LogP contribution in [0, 0.1) is 6.92 Å². The van der Waals surface area contributed by atoms with Gasteiger partial charge in [0.15, 0.2) is 15.9 Å². The third kappa shape index (κ3) is 4.16. The van der Waals surface area contributed by atoms with Crippen LogP contribution < -0.4 is 0 Å². The molecule has 8 heteroatoms. The first-order chi connectivity index (χ1) is 13.2. The highest BCUT2D eigenvalue weighted by molar-refractivity contribution is 7.91. The van der Waals surface area contributed by atoms with E-state index in [0.29, 0.717) is 35.1 Å². The summed E-state index contributed by atoms with van der Waals surface area (Å²) in [5.41, 5.74) is 1.71. The average Bonchev–Trinajstić information content (AvgIpc) is 3.00. The SMILES string of the molecule is CCN(C(=O)[C@@H](C)OC(=O)c1cc(C)nc2ccccc12)[C@H]1CCS(=O)(=O)C1. The maximum Gasteiger partial charge on any atom is 0.339 e. The quantitative estimate of drug-likeness (QED) is 0.709. The van der Waals surface area contributed by atoms with E-state index in [1.165, 1.54) is 11.8 Å². The summed E-state index contributed by atoms with van der Waals surface area (Å²) in [4.78, 5) is 31.5. The van der Waals surface area contributed by atoms with Gasteiger partial charge in [-0.1, -0.05) is 18.2 Å². The van der Waals surface area contributed by atoms with Crippen LogP contribution in [0.2, 0.25) is 0 Å². The van der Waals surface area contributed by atoms with E-state index in [2.05, 4.69) is 4.98 Å². The fraction of sp³-hybridized carbons (Fsp3) is 0.450. The van der Waals surface area contributed by atoms with E-state index >= 15 is 0 Å². The number of hydrogen-bond donors (Lipinski definition) is 0. The highest BCUT2D eigenvalue weighted by Crippen LogP contribution is 2.22. The molecule has 1 fully saturated rings. The van der Waals surface area contributed by atoms with Gasteiger partial charge < -0.3 is 9.64 Å². The summed E-state index contributed by atoms with van der Waals surface area (Å²) < 4.78 is 28.9. The molecule has 0 unspecified atom stereocenters. The lowest BCUT2D eigenvalue weighted by molar-refractivity contribution is -0.141. The molecule has 1 aliphatic heterocycles. The fourth-order valence-electron chi connectivity index (χ4n) is 3.60. The number of esters is 1. The number of amides is 1. The molecule has 0 saturated carbocycles. The molecule has 1 saturated heterocycles. The van der Waals surface area contributed by atoms with Gasteiger partial charge in [0.05, 0.1) is 22.6 Å². The summed E-state index contributed by atoms with van der Waals surface area (Å²) in [6, 6.07) is 8.52. The fourth-order valence-corrected chi connectivity index (χ4v) is 5.33. The number of pyridine rings is 1. The molecule has 0 radical (unpaired) electrons. The predicted molar refractivity (Wildman–Crippen MR) is 106 cm³/mol. The van der Waals surface area contributed by atoms with Crippen LogP contribution in [-0.2, 0) is 19.4 Å². The number of hydrogen-bond acceptors (Lipinski definition) is 6. The van der Waals surface area contributed by atoms with Crippen LogP contribution >= 0.6 is 0 Å². The summed E-state index contributed by atoms with van der Waals surface area (Å²) >= 11 is 0. The predicted octanol–water partition coefficient (Wildman–Crippen LogP) is 2.12. The Balaban J connectivity index is 1.78. The Kier molecular flexibility index (Phi) is 5.69. The van der Waals surface area contributed by atoms with Crippen LogP contribution in [0.15, 0.2) is 30.3 Å². The van der Waals surface area contributed by atoms with Gasteiger partial charge in [-0.25, -0.2) is 13.2 Å². The minimum absolute atomic E-state index is 0.0402. The summed E-state index contributed by atoms with van der Waals surface area (Å²) in [6.45, 7) is 5.45. The molecule has 150 valence electrons. The molecule has 1 aromatic carbocycles. The topological polar surface area (TPSA) is 93.6 Å². The van der Waals surface area contributed by atoms with Gasteiger partial charge in [-0.2, -0.15) is 0 Å². The number of sulfone groups is 1. The minimum Gasteiger partial charge on any atom is -0.449 e. The number of para-hydroxylation sites is 1. The van der Waals surface area contributed by atoms with Crippen LogP contribution in [0.5, 0.6) is 0 Å². The van der Waals surface area contributed by atoms with Crippen LogP contribution in [-0.4, -0.2) is 60.4 Å². The zero-order valence-corrected chi connectivity index (χ0v) is 17.0. The Morgan fingerprint density at radius 1 is 1.32 bits per heavy atom. The second-order valence-corrected chi connectivity index (χ2v) is 9.29. The van der Waals surface area contributed by atoms with Crippen LogP contribution in [0.4, 0.5) is 0 Å². The van der Waals surface area contributed by atoms with E-state index < -0.39 is 21.9 Å². The summed E-state index contributed by atoms with van der Waals surface area (Å²) in [5.74, 6) is -0.940. The van der Waals surface area contributed by atoms with E-state index in [-0.39, 0.29) is 23.5 Å². The van der Waals surface area contributed by atoms with Gasteiger partial charge in [0.1, 0.15) is 0 Å². The third-order valence-corrected chi connectivity index (χ3v) is 6.72. The molecule has 0 aliphatic carbocycles. The number of ether oxygens (including phenoxy) is 1. The van der Waals surface area contributed by atoms with Gasteiger partial charge in [-0.15, -0.1) is 0 Å². The highest BCUT2D eigenvalue weighted by atomic mass is 32.2. The molecule has 1 aliphatic rings. The summed E-state index contributed by atoms with van der Waals surface area (Å²) in [6.07, 6.45) is -0.598. The number of rotatable bonds is 5. The normalized spacial score (nSPS) is 19.3. The first kappa shape index (κ1) is 20.3. The molecule has 7 nitrogen and oxygen atoms in total. The Morgan fingerprint density at radius 2 is 2.04 bits per heavy atom. The summed E-state index contributed by atoms with van der Waals surface area (Å²) in [5, 5.41) is 0.659. The van der Waals surface area contributed by atoms with Crippen molar-refractivity contribution < 1.29 is 22.7 Å². The van der Waals surface area contributed by atoms with Crippen molar-refractivity contribution in [3.05, 3.63) is 41.6 Å². The Bertz CT molecular complexity index is 1020. The van der Waals surface area contributed by atoms with Crippen molar-refractivity contribution in [3.63, 3.8) is 0 Å². The van der Waals surface area contributed by atoms with Gasteiger partial charge >= 0.3 is 5.97 Å². The zero-order chi connectivity index (χ0) is 20.5. The average molecular weight is 404 g/mol. The van der Waals surface area contributed by atoms with E-state index in [0.717, 1.165) is 0 Å². The van der Waals surface area contributed by atoms with E-state index in [1.807, 2.05) is 18.2 Å². The van der Waals surface area contributed by atoms with Crippen molar-refractivity contribution in [2.24, 2.45) is 0 Å². The molecule has 1 aromatic heterocycles. The van der Waals surface area contributed by atoms with Gasteiger partial charge in [0.2, 0.25) is 0 Å². The van der Waals surface area contributed by atoms with Gasteiger partial charge in [0, 0.05) is 23.7 Å². The van der Waals surface area contributed by atoms with Gasteiger partial charge in [0.25, 0.3) is 5.91 Å². The molecule has 1 amide bonds. The third-order valence-electron chi connectivity index (χ3n) is 4.97. The number of benzene rings is 1. The summed E-state index contributed by atoms with van der Waals surface area (Å²) in [7, 11) is -3.11. The number of aryl methyl sites for hydroxylation is 1. The lowest BCUT2D eigenvalue weighted by Gasteiger charge is -2.29. The lowest BCUT2D eigenvalue weighted by Crippen LogP contribution is -2.46. The number of fused-ring (bicyclic) bond motifs is 1. The Morgan fingerprint density at radius 3 is 2.68 bits per heavy atom. The second kappa shape index (κ2) is 7.87. The first-order valence-electron chi connectivity index (χ1n) is 9.30. The molecule has 3 rings (SSSR count). The standard InChI is InChI=1S/C20H24N2O5S/c1-4-22(15-9-10-28(25,26)12-15)19(23)14(3)27-20(24)17-11-13(2)21-18-8-6-5-7-16(17)18/h5-8,11,14-15H,4,9-10,12H2,1-3H3/t14-,15+/m1/s1. The molecule has 0 N–H and O–H groups in total. The molecule has 2 atom stereocenters. The van der Waals surface area contributed by atoms with Crippen LogP contribution in [0.3, 0.4) is 0 Å². The second-order valence-electron chi connectivity index (χ2n) is 7.06. The first-order valence-corrected chi connectivity index (χ1v) is 11.1. The van der Waals surface area contributed by atoms with Crippen molar-refractivity contribution in [2.45, 2.75) is 39.3 Å². The van der Waals surface area contributed by atoms with Crippen molar-refractivity contribution in [1.82, 2.24) is 9.88 Å². The molecule has 0 bridgehead atoms. The molecular weight excluding hydrogens is 380 g/mol. The minimum atomic E-state index is -3.11. The molecule has 2 aromatic rings. The van der Waals surface area contributed by atoms with E-state index in [4.69, 9.17) is 4.74 Å². The van der Waals surface area contributed by atoms with E-state index in [9.17, 15) is 18.0 Å². The molecular formula is C20H24N2O5S. The molecule has 2 heterocycles. The van der Waals surface area contributed by atoms with E-state index in [1.54, 1.807) is 26.0 Å². The number of carbonyl (C=O) groups excluding carboxylic acids is 2. The van der Waals surface area contributed by atoms with Crippen molar-refractivity contribution in [1.29, 1.82) is 0 Å². The monoisotopic (exact) mass is 404 g/mol. The number of likely N-dealkylation sites (N-methyl/N-ethyl adjacent to an activating group) is 1. The molecule has 0 spiro atoms. The Hall–Kier alpha value is -2.48. The zero-order valence-electron chi connectivity index (χ0n) is 16.2. The number of carbonyl (C=O) groups is 2.